The molecule has 1 aliphatic heterocycles. The van der Waals surface area contributed by atoms with Crippen LogP contribution in [0.5, 0.6) is 0 Å². The van der Waals surface area contributed by atoms with Gasteiger partial charge < -0.3 is 14.6 Å². The quantitative estimate of drug-likeness (QED) is 0.546. The van der Waals surface area contributed by atoms with E-state index in [4.69, 9.17) is 4.42 Å². The number of nitrogens with zero attached hydrogens (tertiary/aromatic N) is 3. The van der Waals surface area contributed by atoms with Crippen molar-refractivity contribution in [3.8, 4) is 11.3 Å². The van der Waals surface area contributed by atoms with Crippen molar-refractivity contribution in [2.24, 2.45) is 0 Å². The summed E-state index contributed by atoms with van der Waals surface area (Å²) in [5.74, 6) is -0.163. The molecule has 2 aromatic heterocycles. The number of anilines is 1. The fourth-order valence-corrected chi connectivity index (χ4v) is 3.78. The Hall–Kier alpha value is -3.61. The minimum atomic E-state index is -0.163. The lowest BCUT2D eigenvalue weighted by Gasteiger charge is -2.22. The van der Waals surface area contributed by atoms with Gasteiger partial charge in [-0.15, -0.1) is 0 Å². The van der Waals surface area contributed by atoms with Gasteiger partial charge in [-0.2, -0.15) is 10.1 Å². The average molecular weight is 387 g/mol. The Kier molecular flexibility index (Phi) is 4.48. The summed E-state index contributed by atoms with van der Waals surface area (Å²) in [5.41, 5.74) is 3.81. The molecule has 1 fully saturated rings. The number of amides is 1. The maximum atomic E-state index is 12.6. The molecular weight excluding hydrogens is 366 g/mol. The number of aromatic nitrogens is 3. The maximum Gasteiger partial charge on any atom is 0.298 e. The molecule has 146 valence electrons. The van der Waals surface area contributed by atoms with Crippen LogP contribution in [0.4, 0.5) is 6.01 Å². The van der Waals surface area contributed by atoms with Gasteiger partial charge in [0.25, 0.3) is 11.9 Å². The lowest BCUT2D eigenvalue weighted by Crippen LogP contribution is -2.40. The molecule has 0 bridgehead atoms. The van der Waals surface area contributed by atoms with Crippen molar-refractivity contribution in [1.29, 1.82) is 0 Å². The summed E-state index contributed by atoms with van der Waals surface area (Å²) in [6.45, 7) is 1.40. The predicted molar refractivity (Wildman–Crippen MR) is 111 cm³/mol. The fourth-order valence-electron chi connectivity index (χ4n) is 3.78. The van der Waals surface area contributed by atoms with Gasteiger partial charge in [-0.3, -0.25) is 9.89 Å². The molecule has 2 N–H and O–H groups in total. The summed E-state index contributed by atoms with van der Waals surface area (Å²) in [6.07, 6.45) is 2.03. The van der Waals surface area contributed by atoms with Gasteiger partial charge in [0, 0.05) is 18.7 Å². The van der Waals surface area contributed by atoms with Crippen molar-refractivity contribution < 1.29 is 9.21 Å². The van der Waals surface area contributed by atoms with Gasteiger partial charge in [0.15, 0.2) is 5.58 Å². The van der Waals surface area contributed by atoms with Crippen LogP contribution in [-0.2, 0) is 0 Å². The van der Waals surface area contributed by atoms with Crippen LogP contribution in [0.2, 0.25) is 0 Å². The number of hydrogen-bond donors (Lipinski definition) is 2. The zero-order valence-electron chi connectivity index (χ0n) is 15.8. The third-order valence-corrected chi connectivity index (χ3v) is 5.30. The normalized spacial score (nSPS) is 16.4. The molecule has 0 aliphatic carbocycles. The molecule has 0 radical (unpaired) electrons. The topological polar surface area (TPSA) is 87.1 Å². The molecule has 1 saturated heterocycles. The zero-order chi connectivity index (χ0) is 19.6. The minimum Gasteiger partial charge on any atom is -0.423 e. The van der Waals surface area contributed by atoms with Crippen LogP contribution >= 0.6 is 0 Å². The number of benzene rings is 2. The summed E-state index contributed by atoms with van der Waals surface area (Å²) in [4.78, 5) is 19.3. The van der Waals surface area contributed by atoms with E-state index >= 15 is 0 Å². The van der Waals surface area contributed by atoms with E-state index in [0.717, 1.165) is 41.7 Å². The standard InChI is InChI=1S/C22H21N5O2/c28-21(19-13-18(25-26-19)15-7-2-1-3-8-15)23-14-16-9-6-12-27(16)22-24-17-10-4-5-11-20(17)29-22/h1-5,7-8,10-11,13,16H,6,9,12,14H2,(H,23,28)(H,25,26). The summed E-state index contributed by atoms with van der Waals surface area (Å²) < 4.78 is 5.91. The van der Waals surface area contributed by atoms with E-state index in [9.17, 15) is 4.79 Å². The van der Waals surface area contributed by atoms with E-state index < -0.39 is 0 Å². The van der Waals surface area contributed by atoms with E-state index in [1.54, 1.807) is 6.07 Å². The van der Waals surface area contributed by atoms with Gasteiger partial charge in [-0.1, -0.05) is 42.5 Å². The van der Waals surface area contributed by atoms with E-state index in [1.165, 1.54) is 0 Å². The number of hydrogen-bond acceptors (Lipinski definition) is 5. The third kappa shape index (κ3) is 3.47. The molecule has 5 rings (SSSR count). The SMILES string of the molecule is O=C(NCC1CCCN1c1nc2ccccc2o1)c1cc(-c2ccccc2)n[nH]1. The lowest BCUT2D eigenvalue weighted by molar-refractivity contribution is 0.0946. The van der Waals surface area contributed by atoms with Crippen molar-refractivity contribution in [3.05, 3.63) is 66.4 Å². The van der Waals surface area contributed by atoms with Crippen molar-refractivity contribution in [3.63, 3.8) is 0 Å². The Balaban J connectivity index is 1.25. The number of oxazole rings is 1. The first-order chi connectivity index (χ1) is 14.3. The Labute approximate surface area is 167 Å². The Morgan fingerprint density at radius 1 is 1.17 bits per heavy atom. The van der Waals surface area contributed by atoms with Gasteiger partial charge in [-0.05, 0) is 31.0 Å². The first-order valence-electron chi connectivity index (χ1n) is 9.79. The van der Waals surface area contributed by atoms with Gasteiger partial charge in [0.1, 0.15) is 11.2 Å². The molecule has 7 heteroatoms. The second-order valence-electron chi connectivity index (χ2n) is 7.20. The van der Waals surface area contributed by atoms with Crippen LogP contribution in [0.1, 0.15) is 23.3 Å². The fraction of sp³-hybridized carbons (Fsp3) is 0.227. The monoisotopic (exact) mass is 387 g/mol. The summed E-state index contributed by atoms with van der Waals surface area (Å²) in [5, 5.41) is 10.1. The van der Waals surface area contributed by atoms with Crippen LogP contribution in [0.25, 0.3) is 22.4 Å². The highest BCUT2D eigenvalue weighted by molar-refractivity contribution is 5.93. The molecule has 3 heterocycles. The molecule has 1 atom stereocenters. The number of fused-ring (bicyclic) bond motifs is 1. The van der Waals surface area contributed by atoms with Crippen LogP contribution in [0, 0.1) is 0 Å². The summed E-state index contributed by atoms with van der Waals surface area (Å²) in [6, 6.07) is 20.1. The molecule has 1 amide bonds. The zero-order valence-corrected chi connectivity index (χ0v) is 15.8. The van der Waals surface area contributed by atoms with E-state index in [2.05, 4.69) is 25.4 Å². The van der Waals surface area contributed by atoms with Gasteiger partial charge in [0.05, 0.1) is 11.7 Å². The van der Waals surface area contributed by atoms with E-state index in [0.29, 0.717) is 18.3 Å². The van der Waals surface area contributed by atoms with E-state index in [1.807, 2.05) is 54.6 Å². The molecule has 1 unspecified atom stereocenters. The van der Waals surface area contributed by atoms with Crippen LogP contribution < -0.4 is 10.2 Å². The van der Waals surface area contributed by atoms with Crippen molar-refractivity contribution >= 4 is 23.0 Å². The number of aromatic amines is 1. The van der Waals surface area contributed by atoms with Crippen molar-refractivity contribution in [2.75, 3.05) is 18.0 Å². The molecule has 4 aromatic rings. The first kappa shape index (κ1) is 17.5. The number of H-pyrrole nitrogens is 1. The smallest absolute Gasteiger partial charge is 0.298 e. The second-order valence-corrected chi connectivity index (χ2v) is 7.20. The minimum absolute atomic E-state index is 0.156. The summed E-state index contributed by atoms with van der Waals surface area (Å²) in [7, 11) is 0. The predicted octanol–water partition coefficient (Wildman–Crippen LogP) is 3.62. The Bertz CT molecular complexity index is 1100. The lowest BCUT2D eigenvalue weighted by atomic mass is 10.1. The van der Waals surface area contributed by atoms with Crippen LogP contribution in [-0.4, -0.2) is 40.2 Å². The molecule has 2 aromatic carbocycles. The highest BCUT2D eigenvalue weighted by Gasteiger charge is 2.29. The van der Waals surface area contributed by atoms with Crippen LogP contribution in [0.3, 0.4) is 0 Å². The van der Waals surface area contributed by atoms with Crippen molar-refractivity contribution in [2.45, 2.75) is 18.9 Å². The number of para-hydroxylation sites is 2. The number of nitrogens with one attached hydrogen (secondary N) is 2. The molecule has 0 spiro atoms. The van der Waals surface area contributed by atoms with Gasteiger partial charge in [0.2, 0.25) is 0 Å². The van der Waals surface area contributed by atoms with Crippen LogP contribution in [0.15, 0.2) is 65.1 Å². The average Bonchev–Trinajstić information content (AvgIpc) is 3.51. The number of carbonyl (C=O) groups is 1. The van der Waals surface area contributed by atoms with E-state index in [-0.39, 0.29) is 11.9 Å². The number of carbonyl (C=O) groups excluding carboxylic acids is 1. The Morgan fingerprint density at radius 2 is 2.00 bits per heavy atom. The molecule has 1 aliphatic rings. The van der Waals surface area contributed by atoms with Gasteiger partial charge >= 0.3 is 0 Å². The number of rotatable bonds is 5. The third-order valence-electron chi connectivity index (χ3n) is 5.30. The summed E-state index contributed by atoms with van der Waals surface area (Å²) >= 11 is 0. The molecule has 0 saturated carbocycles. The molecular formula is C22H21N5O2. The largest absolute Gasteiger partial charge is 0.423 e. The van der Waals surface area contributed by atoms with Crippen molar-refractivity contribution in [1.82, 2.24) is 20.5 Å². The first-order valence-corrected chi connectivity index (χ1v) is 9.79. The highest BCUT2D eigenvalue weighted by atomic mass is 16.4. The molecule has 7 nitrogen and oxygen atoms in total. The van der Waals surface area contributed by atoms with Gasteiger partial charge in [-0.25, -0.2) is 0 Å². The maximum absolute atomic E-state index is 12.6. The molecule has 29 heavy (non-hydrogen) atoms. The Morgan fingerprint density at radius 3 is 2.86 bits per heavy atom. The highest BCUT2D eigenvalue weighted by Crippen LogP contribution is 2.28. The second kappa shape index (κ2) is 7.43.